The number of rotatable bonds is 2. The van der Waals surface area contributed by atoms with E-state index in [2.05, 4.69) is 4.98 Å². The molecular formula is C27H21N3O5S. The van der Waals surface area contributed by atoms with Crippen molar-refractivity contribution in [3.05, 3.63) is 85.2 Å². The number of thiazole rings is 1. The van der Waals surface area contributed by atoms with Crippen molar-refractivity contribution in [2.45, 2.75) is 33.2 Å². The zero-order chi connectivity index (χ0) is 25.7. The highest BCUT2D eigenvalue weighted by molar-refractivity contribution is 7.17. The number of ketones is 1. The Bertz CT molecular complexity index is 1750. The Morgan fingerprint density at radius 1 is 1.06 bits per heavy atom. The summed E-state index contributed by atoms with van der Waals surface area (Å²) in [5, 5.41) is 0.453. The van der Waals surface area contributed by atoms with E-state index in [-0.39, 0.29) is 27.8 Å². The van der Waals surface area contributed by atoms with E-state index in [9.17, 15) is 19.2 Å². The molecule has 0 N–H and O–H groups in total. The van der Waals surface area contributed by atoms with Crippen molar-refractivity contribution in [1.82, 2.24) is 4.98 Å². The highest BCUT2D eigenvalue weighted by Gasteiger charge is 2.65. The van der Waals surface area contributed by atoms with Crippen molar-refractivity contribution in [1.29, 1.82) is 0 Å². The van der Waals surface area contributed by atoms with Gasteiger partial charge in [-0.15, -0.1) is 0 Å². The standard InChI is InChI=1S/C27H21N3O5S/c1-12-10-16-19(11-13(12)2)35-22-20(21(16)32)27(17-8-6-7-9-18(17)29(5)25(27)34)30(24(22)33)26-28-14(3)23(36-26)15(4)31/h6-11H,1-5H3. The van der Waals surface area contributed by atoms with Crippen LogP contribution in [0, 0.1) is 20.8 Å². The van der Waals surface area contributed by atoms with Gasteiger partial charge in [0.25, 0.3) is 11.8 Å². The van der Waals surface area contributed by atoms with Crippen molar-refractivity contribution in [2.24, 2.45) is 0 Å². The van der Waals surface area contributed by atoms with E-state index in [1.54, 1.807) is 50.4 Å². The Morgan fingerprint density at radius 2 is 1.75 bits per heavy atom. The first-order valence-electron chi connectivity index (χ1n) is 11.4. The molecule has 0 saturated carbocycles. The fourth-order valence-corrected chi connectivity index (χ4v) is 6.34. The number of aromatic nitrogens is 1. The number of likely N-dealkylation sites (N-methyl/N-ethyl adjacent to an activating group) is 1. The normalized spacial score (nSPS) is 18.5. The molecule has 4 aromatic rings. The monoisotopic (exact) mass is 499 g/mol. The van der Waals surface area contributed by atoms with Crippen molar-refractivity contribution in [2.75, 3.05) is 16.8 Å². The molecule has 36 heavy (non-hydrogen) atoms. The molecule has 180 valence electrons. The second-order valence-corrected chi connectivity index (χ2v) is 10.2. The molecule has 6 rings (SSSR count). The fraction of sp³-hybridized carbons (Fsp3) is 0.222. The summed E-state index contributed by atoms with van der Waals surface area (Å²) in [5.74, 6) is -1.50. The van der Waals surface area contributed by atoms with Crippen molar-refractivity contribution < 1.29 is 18.8 Å². The molecule has 0 aliphatic carbocycles. The van der Waals surface area contributed by atoms with Crippen LogP contribution in [0.15, 0.2) is 45.6 Å². The minimum absolute atomic E-state index is 0.0257. The molecule has 2 amide bonds. The first-order valence-corrected chi connectivity index (χ1v) is 12.2. The lowest BCUT2D eigenvalue weighted by atomic mass is 9.84. The largest absolute Gasteiger partial charge is 0.450 e. The number of hydrogen-bond donors (Lipinski definition) is 0. The molecule has 0 saturated heterocycles. The van der Waals surface area contributed by atoms with Crippen LogP contribution in [0.4, 0.5) is 10.8 Å². The van der Waals surface area contributed by atoms with Gasteiger partial charge < -0.3 is 9.32 Å². The Labute approximate surface area is 209 Å². The minimum atomic E-state index is -1.80. The molecule has 0 bridgehead atoms. The van der Waals surface area contributed by atoms with Crippen LogP contribution in [0.2, 0.25) is 0 Å². The number of nitrogens with zero attached hydrogens (tertiary/aromatic N) is 3. The fourth-order valence-electron chi connectivity index (χ4n) is 5.33. The van der Waals surface area contributed by atoms with Gasteiger partial charge in [-0.1, -0.05) is 29.5 Å². The number of anilines is 2. The van der Waals surface area contributed by atoms with E-state index in [1.165, 1.54) is 16.7 Å². The SMILES string of the molecule is CC(=O)c1sc(N2C(=O)c3oc4cc(C)c(C)cc4c(=O)c3C23C(=O)N(C)c2ccccc23)nc1C. The van der Waals surface area contributed by atoms with Crippen molar-refractivity contribution in [3.8, 4) is 0 Å². The van der Waals surface area contributed by atoms with Crippen molar-refractivity contribution in [3.63, 3.8) is 0 Å². The number of carbonyl (C=O) groups excluding carboxylic acids is 3. The number of fused-ring (bicyclic) bond motifs is 5. The van der Waals surface area contributed by atoms with Gasteiger partial charge in [-0.25, -0.2) is 4.98 Å². The van der Waals surface area contributed by atoms with E-state index in [0.717, 1.165) is 22.5 Å². The molecule has 0 fully saturated rings. The summed E-state index contributed by atoms with van der Waals surface area (Å²) in [6.07, 6.45) is 0. The maximum Gasteiger partial charge on any atom is 0.297 e. The summed E-state index contributed by atoms with van der Waals surface area (Å²) >= 11 is 1.02. The Hall–Kier alpha value is -4.11. The summed E-state index contributed by atoms with van der Waals surface area (Å²) in [7, 11) is 1.61. The lowest BCUT2D eigenvalue weighted by molar-refractivity contribution is -0.121. The highest BCUT2D eigenvalue weighted by atomic mass is 32.1. The van der Waals surface area contributed by atoms with Crippen LogP contribution in [0.5, 0.6) is 0 Å². The third-order valence-electron chi connectivity index (χ3n) is 7.17. The lowest BCUT2D eigenvalue weighted by Gasteiger charge is -2.31. The third-order valence-corrected chi connectivity index (χ3v) is 8.41. The number of Topliss-reactive ketones (excluding diaryl/α,β-unsaturated/α-hetero) is 1. The topological polar surface area (TPSA) is 101 Å². The summed E-state index contributed by atoms with van der Waals surface area (Å²) in [6, 6.07) is 10.5. The van der Waals surface area contributed by atoms with E-state index >= 15 is 0 Å². The van der Waals surface area contributed by atoms with Crippen LogP contribution in [0.3, 0.4) is 0 Å². The number of carbonyl (C=O) groups is 3. The van der Waals surface area contributed by atoms with Crippen molar-refractivity contribution >= 4 is 50.7 Å². The maximum atomic E-state index is 14.2. The Kier molecular flexibility index (Phi) is 4.48. The number of aryl methyl sites for hydroxylation is 3. The molecule has 4 heterocycles. The smallest absolute Gasteiger partial charge is 0.297 e. The van der Waals surface area contributed by atoms with E-state index in [0.29, 0.717) is 27.2 Å². The van der Waals surface area contributed by atoms with E-state index in [1.807, 2.05) is 13.8 Å². The minimum Gasteiger partial charge on any atom is -0.450 e. The molecule has 2 aliphatic rings. The summed E-state index contributed by atoms with van der Waals surface area (Å²) < 4.78 is 6.10. The average molecular weight is 500 g/mol. The molecule has 1 atom stereocenters. The molecule has 1 spiro atoms. The Balaban J connectivity index is 1.78. The number of benzene rings is 2. The van der Waals surface area contributed by atoms with Gasteiger partial charge in [0.15, 0.2) is 21.9 Å². The number of amides is 2. The van der Waals surface area contributed by atoms with Crippen LogP contribution < -0.4 is 15.2 Å². The second kappa shape index (κ2) is 7.20. The van der Waals surface area contributed by atoms with Crippen LogP contribution in [0.1, 0.15) is 55.1 Å². The molecule has 2 aromatic carbocycles. The molecule has 2 aromatic heterocycles. The van der Waals surface area contributed by atoms with Gasteiger partial charge in [-0.3, -0.25) is 24.1 Å². The molecule has 2 aliphatic heterocycles. The van der Waals surface area contributed by atoms with Gasteiger partial charge >= 0.3 is 0 Å². The van der Waals surface area contributed by atoms with Crippen LogP contribution in [-0.4, -0.2) is 29.6 Å². The van der Waals surface area contributed by atoms with Gasteiger partial charge in [0, 0.05) is 25.2 Å². The molecule has 9 heteroatoms. The van der Waals surface area contributed by atoms with E-state index in [4.69, 9.17) is 4.42 Å². The average Bonchev–Trinajstić information content (AvgIpc) is 3.42. The zero-order valence-electron chi connectivity index (χ0n) is 20.3. The first-order chi connectivity index (χ1) is 17.1. The van der Waals surface area contributed by atoms with Crippen LogP contribution in [-0.2, 0) is 10.3 Å². The van der Waals surface area contributed by atoms with Gasteiger partial charge in [0.1, 0.15) is 5.58 Å². The first kappa shape index (κ1) is 22.4. The van der Waals surface area contributed by atoms with Crippen LogP contribution >= 0.6 is 11.3 Å². The maximum absolute atomic E-state index is 14.2. The van der Waals surface area contributed by atoms with Gasteiger partial charge in [0.05, 0.1) is 21.5 Å². The van der Waals surface area contributed by atoms with Gasteiger partial charge in [-0.05, 0) is 50.1 Å². The zero-order valence-corrected chi connectivity index (χ0v) is 21.1. The van der Waals surface area contributed by atoms with Gasteiger partial charge in [-0.2, -0.15) is 0 Å². The number of para-hydroxylation sites is 1. The molecule has 8 nitrogen and oxygen atoms in total. The summed E-state index contributed by atoms with van der Waals surface area (Å²) in [6.45, 7) is 6.88. The van der Waals surface area contributed by atoms with Crippen LogP contribution in [0.25, 0.3) is 11.0 Å². The summed E-state index contributed by atoms with van der Waals surface area (Å²) in [4.78, 5) is 62.2. The Morgan fingerprint density at radius 3 is 2.44 bits per heavy atom. The van der Waals surface area contributed by atoms with Gasteiger partial charge in [0.2, 0.25) is 5.76 Å². The number of hydrogen-bond acceptors (Lipinski definition) is 7. The lowest BCUT2D eigenvalue weighted by Crippen LogP contribution is -2.53. The quantitative estimate of drug-likeness (QED) is 0.382. The summed E-state index contributed by atoms with van der Waals surface area (Å²) in [5.41, 5.74) is 1.32. The molecule has 1 unspecified atom stereocenters. The predicted molar refractivity (Wildman–Crippen MR) is 136 cm³/mol. The predicted octanol–water partition coefficient (Wildman–Crippen LogP) is 4.26. The highest BCUT2D eigenvalue weighted by Crippen LogP contribution is 2.54. The van der Waals surface area contributed by atoms with E-state index < -0.39 is 22.8 Å². The molecule has 0 radical (unpaired) electrons. The molecular weight excluding hydrogens is 478 g/mol. The second-order valence-electron chi connectivity index (χ2n) is 9.27. The third kappa shape index (κ3) is 2.55.